The Morgan fingerprint density at radius 2 is 1.84 bits per heavy atom. The zero-order valence-electron chi connectivity index (χ0n) is 15.4. The van der Waals surface area contributed by atoms with E-state index < -0.39 is 0 Å². The molecular formula is C23H28N2. The minimum absolute atomic E-state index is 0.390. The molecule has 0 spiro atoms. The Morgan fingerprint density at radius 3 is 2.68 bits per heavy atom. The van der Waals surface area contributed by atoms with Crippen LogP contribution in [0.25, 0.3) is 10.9 Å². The van der Waals surface area contributed by atoms with Gasteiger partial charge >= 0.3 is 0 Å². The molecule has 0 saturated heterocycles. The number of nitrogens with one attached hydrogen (secondary N) is 1. The molecule has 3 aromatic rings. The smallest absolute Gasteiger partial charge is 0.0486 e. The van der Waals surface area contributed by atoms with E-state index in [1.165, 1.54) is 47.7 Å². The summed E-state index contributed by atoms with van der Waals surface area (Å²) >= 11 is 0. The molecule has 0 saturated carbocycles. The number of hydrogen-bond acceptors (Lipinski definition) is 1. The maximum absolute atomic E-state index is 3.70. The van der Waals surface area contributed by atoms with Crippen molar-refractivity contribution in [3.8, 4) is 0 Å². The molecule has 2 heteroatoms. The van der Waals surface area contributed by atoms with Crippen molar-refractivity contribution in [3.05, 3.63) is 70.9 Å². The summed E-state index contributed by atoms with van der Waals surface area (Å²) in [6.45, 7) is 6.50. The highest BCUT2D eigenvalue weighted by atomic mass is 15.0. The molecule has 0 fully saturated rings. The largest absolute Gasteiger partial charge is 0.343 e. The summed E-state index contributed by atoms with van der Waals surface area (Å²) in [7, 11) is 0. The maximum atomic E-state index is 3.70. The summed E-state index contributed by atoms with van der Waals surface area (Å²) in [5.41, 5.74) is 7.35. The van der Waals surface area contributed by atoms with E-state index in [0.717, 1.165) is 13.1 Å². The molecular weight excluding hydrogens is 304 g/mol. The highest BCUT2D eigenvalue weighted by Crippen LogP contribution is 2.32. The van der Waals surface area contributed by atoms with Crippen LogP contribution in [0.2, 0.25) is 0 Å². The second-order valence-electron chi connectivity index (χ2n) is 7.39. The Kier molecular flexibility index (Phi) is 4.63. The lowest BCUT2D eigenvalue weighted by Crippen LogP contribution is -2.24. The second kappa shape index (κ2) is 7.05. The monoisotopic (exact) mass is 332 g/mol. The van der Waals surface area contributed by atoms with Gasteiger partial charge in [-0.25, -0.2) is 0 Å². The summed E-state index contributed by atoms with van der Waals surface area (Å²) in [6, 6.07) is 18.1. The first-order chi connectivity index (χ1) is 12.2. The molecule has 25 heavy (non-hydrogen) atoms. The molecule has 1 atom stereocenters. The van der Waals surface area contributed by atoms with Crippen LogP contribution in [0.5, 0.6) is 0 Å². The number of aromatic nitrogens is 1. The molecule has 1 N–H and O–H groups in total. The van der Waals surface area contributed by atoms with Crippen molar-refractivity contribution < 1.29 is 0 Å². The van der Waals surface area contributed by atoms with Crippen LogP contribution in [0, 0.1) is 6.92 Å². The fourth-order valence-corrected chi connectivity index (χ4v) is 4.26. The SMILES string of the molecule is Cc1ccc2c(c1)c1c(n2CCNC(C)c2ccccc2)CCCC1. The summed E-state index contributed by atoms with van der Waals surface area (Å²) in [5, 5.41) is 5.19. The van der Waals surface area contributed by atoms with Gasteiger partial charge in [0.2, 0.25) is 0 Å². The van der Waals surface area contributed by atoms with E-state index in [-0.39, 0.29) is 0 Å². The molecule has 130 valence electrons. The van der Waals surface area contributed by atoms with Crippen LogP contribution in [-0.4, -0.2) is 11.1 Å². The third-order valence-corrected chi connectivity index (χ3v) is 5.62. The molecule has 1 aromatic heterocycles. The van der Waals surface area contributed by atoms with Crippen molar-refractivity contribution in [2.75, 3.05) is 6.54 Å². The summed E-state index contributed by atoms with van der Waals surface area (Å²) in [6.07, 6.45) is 5.15. The van der Waals surface area contributed by atoms with Crippen molar-refractivity contribution in [3.63, 3.8) is 0 Å². The van der Waals surface area contributed by atoms with E-state index in [9.17, 15) is 0 Å². The summed E-state index contributed by atoms with van der Waals surface area (Å²) < 4.78 is 2.58. The van der Waals surface area contributed by atoms with Gasteiger partial charge in [0.25, 0.3) is 0 Å². The fourth-order valence-electron chi connectivity index (χ4n) is 4.26. The number of hydrogen-bond donors (Lipinski definition) is 1. The summed E-state index contributed by atoms with van der Waals surface area (Å²) in [4.78, 5) is 0. The van der Waals surface area contributed by atoms with Crippen molar-refractivity contribution >= 4 is 10.9 Å². The van der Waals surface area contributed by atoms with Crippen LogP contribution >= 0.6 is 0 Å². The van der Waals surface area contributed by atoms with Gasteiger partial charge in [-0.2, -0.15) is 0 Å². The standard InChI is InChI=1S/C23H28N2/c1-17-12-13-23-21(16-17)20-10-6-7-11-22(20)25(23)15-14-24-18(2)19-8-4-3-5-9-19/h3-5,8-9,12-13,16,18,24H,6-7,10-11,14-15H2,1-2H3. The first kappa shape index (κ1) is 16.4. The fraction of sp³-hybridized carbons (Fsp3) is 0.391. The number of rotatable bonds is 5. The van der Waals surface area contributed by atoms with Gasteiger partial charge in [0.15, 0.2) is 0 Å². The van der Waals surface area contributed by atoms with E-state index in [1.54, 1.807) is 11.3 Å². The zero-order valence-corrected chi connectivity index (χ0v) is 15.4. The lowest BCUT2D eigenvalue weighted by atomic mass is 9.95. The molecule has 1 heterocycles. The molecule has 2 nitrogen and oxygen atoms in total. The molecule has 0 bridgehead atoms. The Bertz CT molecular complexity index is 861. The average molecular weight is 332 g/mol. The van der Waals surface area contributed by atoms with Crippen molar-refractivity contribution in [2.24, 2.45) is 0 Å². The van der Waals surface area contributed by atoms with E-state index >= 15 is 0 Å². The van der Waals surface area contributed by atoms with Crippen molar-refractivity contribution in [1.82, 2.24) is 9.88 Å². The maximum Gasteiger partial charge on any atom is 0.0486 e. The molecule has 1 aliphatic rings. The van der Waals surface area contributed by atoms with Crippen LogP contribution in [0.3, 0.4) is 0 Å². The van der Waals surface area contributed by atoms with Crippen LogP contribution in [-0.2, 0) is 19.4 Å². The van der Waals surface area contributed by atoms with Gasteiger partial charge in [0.05, 0.1) is 0 Å². The van der Waals surface area contributed by atoms with Gasteiger partial charge in [-0.05, 0) is 62.8 Å². The predicted molar refractivity (Wildman–Crippen MR) is 106 cm³/mol. The van der Waals surface area contributed by atoms with Crippen LogP contribution in [0.4, 0.5) is 0 Å². The Hall–Kier alpha value is -2.06. The normalized spacial score (nSPS) is 15.3. The third-order valence-electron chi connectivity index (χ3n) is 5.62. The number of aryl methyl sites for hydroxylation is 2. The first-order valence-electron chi connectivity index (χ1n) is 9.63. The molecule has 0 amide bonds. The quantitative estimate of drug-likeness (QED) is 0.681. The number of nitrogens with zero attached hydrogens (tertiary/aromatic N) is 1. The highest BCUT2D eigenvalue weighted by Gasteiger charge is 2.19. The molecule has 2 aromatic carbocycles. The second-order valence-corrected chi connectivity index (χ2v) is 7.39. The minimum atomic E-state index is 0.390. The number of benzene rings is 2. The molecule has 4 rings (SSSR count). The zero-order chi connectivity index (χ0) is 17.2. The lowest BCUT2D eigenvalue weighted by molar-refractivity contribution is 0.522. The van der Waals surface area contributed by atoms with E-state index in [4.69, 9.17) is 0 Å². The molecule has 1 aliphatic carbocycles. The third kappa shape index (κ3) is 3.23. The van der Waals surface area contributed by atoms with Gasteiger partial charge in [0.1, 0.15) is 0 Å². The Morgan fingerprint density at radius 1 is 1.04 bits per heavy atom. The van der Waals surface area contributed by atoms with E-state index in [2.05, 4.69) is 72.3 Å². The molecule has 1 unspecified atom stereocenters. The van der Waals surface area contributed by atoms with Gasteiger partial charge in [-0.15, -0.1) is 0 Å². The highest BCUT2D eigenvalue weighted by molar-refractivity contribution is 5.86. The van der Waals surface area contributed by atoms with Gasteiger partial charge in [-0.3, -0.25) is 0 Å². The first-order valence-corrected chi connectivity index (χ1v) is 9.63. The van der Waals surface area contributed by atoms with Crippen LogP contribution in [0.1, 0.15) is 48.2 Å². The topological polar surface area (TPSA) is 17.0 Å². The average Bonchev–Trinajstić information content (AvgIpc) is 2.96. The Balaban J connectivity index is 1.55. The van der Waals surface area contributed by atoms with Crippen LogP contribution < -0.4 is 5.32 Å². The minimum Gasteiger partial charge on any atom is -0.343 e. The molecule has 0 aliphatic heterocycles. The van der Waals surface area contributed by atoms with Gasteiger partial charge < -0.3 is 9.88 Å². The summed E-state index contributed by atoms with van der Waals surface area (Å²) in [5.74, 6) is 0. The van der Waals surface area contributed by atoms with Gasteiger partial charge in [-0.1, -0.05) is 42.0 Å². The Labute approximate surface area is 150 Å². The van der Waals surface area contributed by atoms with E-state index in [0.29, 0.717) is 6.04 Å². The molecule has 0 radical (unpaired) electrons. The van der Waals surface area contributed by atoms with Gasteiger partial charge in [0, 0.05) is 35.7 Å². The lowest BCUT2D eigenvalue weighted by Gasteiger charge is -2.18. The predicted octanol–water partition coefficient (Wildman–Crippen LogP) is 5.18. The van der Waals surface area contributed by atoms with Crippen LogP contribution in [0.15, 0.2) is 48.5 Å². The van der Waals surface area contributed by atoms with Crippen molar-refractivity contribution in [1.29, 1.82) is 0 Å². The number of fused-ring (bicyclic) bond motifs is 3. The van der Waals surface area contributed by atoms with E-state index in [1.807, 2.05) is 0 Å². The van der Waals surface area contributed by atoms with Crippen molar-refractivity contribution in [2.45, 2.75) is 52.1 Å².